The molecule has 0 aromatic rings. The third-order valence-electron chi connectivity index (χ3n) is 0.681. The van der Waals surface area contributed by atoms with Crippen LogP contribution in [-0.4, -0.2) is 35.1 Å². The predicted molar refractivity (Wildman–Crippen MR) is 40.7 cm³/mol. The van der Waals surface area contributed by atoms with Crippen molar-refractivity contribution in [3.63, 3.8) is 0 Å². The maximum Gasteiger partial charge on any atom is 0.0453 e. The Labute approximate surface area is 62.3 Å². The normalized spacial score (nSPS) is 9.00. The van der Waals surface area contributed by atoms with Gasteiger partial charge in [0, 0.05) is 19.8 Å². The zero-order valence-electron chi connectivity index (χ0n) is 6.75. The second kappa shape index (κ2) is 11.6. The van der Waals surface area contributed by atoms with Gasteiger partial charge in [-0.05, 0) is 12.3 Å². The van der Waals surface area contributed by atoms with Crippen LogP contribution in [0.15, 0.2) is 0 Å². The van der Waals surface area contributed by atoms with E-state index >= 15 is 0 Å². The molecular formula is C7H18O3. The molecule has 0 aromatic heterocycles. The van der Waals surface area contributed by atoms with E-state index in [2.05, 4.69) is 0 Å². The van der Waals surface area contributed by atoms with Crippen LogP contribution >= 0.6 is 0 Å². The molecule has 0 aliphatic rings. The Balaban J connectivity index is 0. The van der Waals surface area contributed by atoms with Crippen LogP contribution in [0.25, 0.3) is 0 Å². The van der Waals surface area contributed by atoms with Gasteiger partial charge in [0.1, 0.15) is 0 Å². The number of rotatable bonds is 3. The maximum absolute atomic E-state index is 8.14. The maximum atomic E-state index is 8.14. The van der Waals surface area contributed by atoms with E-state index in [0.29, 0.717) is 18.9 Å². The fourth-order valence-electron chi connectivity index (χ4n) is 0.0707. The third-order valence-corrected chi connectivity index (χ3v) is 0.681. The third kappa shape index (κ3) is 24.8. The van der Waals surface area contributed by atoms with E-state index in [-0.39, 0.29) is 13.2 Å². The number of hydrogen-bond donors (Lipinski definition) is 3. The molecule has 10 heavy (non-hydrogen) atoms. The summed E-state index contributed by atoms with van der Waals surface area (Å²) >= 11 is 0. The van der Waals surface area contributed by atoms with E-state index in [4.69, 9.17) is 15.3 Å². The van der Waals surface area contributed by atoms with Gasteiger partial charge in [-0.25, -0.2) is 0 Å². The molecule has 64 valence electrons. The lowest BCUT2D eigenvalue weighted by Gasteiger charge is -1.90. The Morgan fingerprint density at radius 3 is 1.30 bits per heavy atom. The van der Waals surface area contributed by atoms with Crippen LogP contribution in [0.5, 0.6) is 0 Å². The highest BCUT2D eigenvalue weighted by Gasteiger charge is 1.81. The predicted octanol–water partition coefficient (Wildman–Crippen LogP) is -0.00420. The minimum Gasteiger partial charge on any atom is -0.396 e. The molecule has 0 amide bonds. The van der Waals surface area contributed by atoms with Gasteiger partial charge in [-0.1, -0.05) is 13.8 Å². The average molecular weight is 150 g/mol. The molecule has 0 saturated carbocycles. The van der Waals surface area contributed by atoms with Crippen LogP contribution in [0.2, 0.25) is 0 Å². The van der Waals surface area contributed by atoms with E-state index in [0.717, 1.165) is 0 Å². The van der Waals surface area contributed by atoms with Gasteiger partial charge < -0.3 is 15.3 Å². The molecule has 0 unspecified atom stereocenters. The van der Waals surface area contributed by atoms with Gasteiger partial charge in [-0.15, -0.1) is 0 Å². The standard InChI is InChI=1S/C4H10O.C3H8O2/c1-4(2)3-5;4-2-1-3-5/h4-5H,3H2,1-2H3;4-5H,1-3H2. The largest absolute Gasteiger partial charge is 0.396 e. The van der Waals surface area contributed by atoms with Gasteiger partial charge in [0.25, 0.3) is 0 Å². The Morgan fingerprint density at radius 1 is 1.00 bits per heavy atom. The molecule has 0 spiro atoms. The first-order chi connectivity index (χ1) is 4.68. The Kier molecular flexibility index (Phi) is 14.6. The molecule has 0 bridgehead atoms. The molecule has 0 rings (SSSR count). The van der Waals surface area contributed by atoms with Crippen molar-refractivity contribution >= 4 is 0 Å². The molecule has 0 heterocycles. The van der Waals surface area contributed by atoms with Crippen molar-refractivity contribution in [1.82, 2.24) is 0 Å². The molecule has 3 heteroatoms. The topological polar surface area (TPSA) is 60.7 Å². The fourth-order valence-corrected chi connectivity index (χ4v) is 0.0707. The first kappa shape index (κ1) is 12.5. The minimum atomic E-state index is 0.0938. The van der Waals surface area contributed by atoms with Crippen LogP contribution in [0, 0.1) is 5.92 Å². The molecule has 0 atom stereocenters. The molecule has 3 N–H and O–H groups in total. The Bertz CT molecular complexity index is 44.1. The van der Waals surface area contributed by atoms with Crippen molar-refractivity contribution < 1.29 is 15.3 Å². The molecule has 0 radical (unpaired) electrons. The lowest BCUT2D eigenvalue weighted by Crippen LogP contribution is -1.90. The molecular weight excluding hydrogens is 132 g/mol. The van der Waals surface area contributed by atoms with Crippen LogP contribution in [-0.2, 0) is 0 Å². The molecule has 0 aromatic carbocycles. The quantitative estimate of drug-likeness (QED) is 0.530. The van der Waals surface area contributed by atoms with E-state index < -0.39 is 0 Å². The van der Waals surface area contributed by atoms with Gasteiger partial charge in [0.05, 0.1) is 0 Å². The van der Waals surface area contributed by atoms with E-state index in [9.17, 15) is 0 Å². The smallest absolute Gasteiger partial charge is 0.0453 e. The highest BCUT2D eigenvalue weighted by Crippen LogP contribution is 1.83. The summed E-state index contributed by atoms with van der Waals surface area (Å²) < 4.78 is 0. The van der Waals surface area contributed by atoms with Crippen LogP contribution in [0.4, 0.5) is 0 Å². The van der Waals surface area contributed by atoms with E-state index in [1.165, 1.54) is 0 Å². The summed E-state index contributed by atoms with van der Waals surface area (Å²) in [4.78, 5) is 0. The second-order valence-electron chi connectivity index (χ2n) is 2.38. The van der Waals surface area contributed by atoms with E-state index in [1.54, 1.807) is 0 Å². The number of aliphatic hydroxyl groups is 3. The van der Waals surface area contributed by atoms with Gasteiger partial charge in [0.2, 0.25) is 0 Å². The van der Waals surface area contributed by atoms with Crippen LogP contribution in [0.1, 0.15) is 20.3 Å². The summed E-state index contributed by atoms with van der Waals surface area (Å²) in [6.07, 6.45) is 0.500. The summed E-state index contributed by atoms with van der Waals surface area (Å²) in [6.45, 7) is 4.44. The zero-order valence-corrected chi connectivity index (χ0v) is 6.75. The highest BCUT2D eigenvalue weighted by molar-refractivity contribution is 4.32. The van der Waals surface area contributed by atoms with Crippen molar-refractivity contribution in [2.45, 2.75) is 20.3 Å². The first-order valence-electron chi connectivity index (χ1n) is 3.51. The van der Waals surface area contributed by atoms with Gasteiger partial charge >= 0.3 is 0 Å². The molecule has 0 aliphatic carbocycles. The van der Waals surface area contributed by atoms with Crippen molar-refractivity contribution in [3.05, 3.63) is 0 Å². The SMILES string of the molecule is CC(C)CO.OCCCO. The monoisotopic (exact) mass is 150 g/mol. The number of hydrogen-bond acceptors (Lipinski definition) is 3. The number of aliphatic hydroxyl groups excluding tert-OH is 3. The molecule has 3 nitrogen and oxygen atoms in total. The second-order valence-corrected chi connectivity index (χ2v) is 2.38. The van der Waals surface area contributed by atoms with Crippen molar-refractivity contribution in [1.29, 1.82) is 0 Å². The Morgan fingerprint density at radius 2 is 1.30 bits per heavy atom. The van der Waals surface area contributed by atoms with Gasteiger partial charge in [0.15, 0.2) is 0 Å². The highest BCUT2D eigenvalue weighted by atomic mass is 16.3. The molecule has 0 fully saturated rings. The lowest BCUT2D eigenvalue weighted by molar-refractivity contribution is 0.221. The van der Waals surface area contributed by atoms with Gasteiger partial charge in [-0.3, -0.25) is 0 Å². The summed E-state index contributed by atoms with van der Waals surface area (Å²) in [5.41, 5.74) is 0. The van der Waals surface area contributed by atoms with Crippen LogP contribution < -0.4 is 0 Å². The molecule has 0 aliphatic heterocycles. The Hall–Kier alpha value is -0.120. The summed E-state index contributed by atoms with van der Waals surface area (Å²) in [5.74, 6) is 0.440. The molecule has 0 saturated heterocycles. The van der Waals surface area contributed by atoms with Crippen LogP contribution in [0.3, 0.4) is 0 Å². The van der Waals surface area contributed by atoms with Crippen molar-refractivity contribution in [2.24, 2.45) is 5.92 Å². The summed E-state index contributed by atoms with van der Waals surface area (Å²) in [6, 6.07) is 0. The summed E-state index contributed by atoms with van der Waals surface area (Å²) in [5, 5.41) is 24.0. The van der Waals surface area contributed by atoms with E-state index in [1.807, 2.05) is 13.8 Å². The van der Waals surface area contributed by atoms with Crippen molar-refractivity contribution in [2.75, 3.05) is 19.8 Å². The average Bonchev–Trinajstić information content (AvgIpc) is 1.91. The fraction of sp³-hybridized carbons (Fsp3) is 1.00. The minimum absolute atomic E-state index is 0.0938. The zero-order chi connectivity index (χ0) is 8.41. The first-order valence-corrected chi connectivity index (χ1v) is 3.51. The van der Waals surface area contributed by atoms with Crippen molar-refractivity contribution in [3.8, 4) is 0 Å². The van der Waals surface area contributed by atoms with Gasteiger partial charge in [-0.2, -0.15) is 0 Å². The lowest BCUT2D eigenvalue weighted by atomic mass is 10.2. The summed E-state index contributed by atoms with van der Waals surface area (Å²) in [7, 11) is 0.